The van der Waals surface area contributed by atoms with Crippen LogP contribution in [0.5, 0.6) is 0 Å². The number of nitrogens with zero attached hydrogens (tertiary/aromatic N) is 3. The van der Waals surface area contributed by atoms with E-state index in [9.17, 15) is 14.0 Å². The van der Waals surface area contributed by atoms with Gasteiger partial charge in [-0.2, -0.15) is 5.10 Å². The molecule has 0 saturated carbocycles. The second-order valence-corrected chi connectivity index (χ2v) is 8.02. The van der Waals surface area contributed by atoms with E-state index in [4.69, 9.17) is 0 Å². The molecule has 27 heavy (non-hydrogen) atoms. The quantitative estimate of drug-likeness (QED) is 0.898. The molecule has 0 aliphatic carbocycles. The molecule has 1 saturated heterocycles. The molecule has 7 heteroatoms. The highest BCUT2D eigenvalue weighted by atomic mass is 19.1. The summed E-state index contributed by atoms with van der Waals surface area (Å²) in [6.45, 7) is 9.54. The highest BCUT2D eigenvalue weighted by Crippen LogP contribution is 2.29. The van der Waals surface area contributed by atoms with E-state index >= 15 is 0 Å². The number of hydrogen-bond acceptors (Lipinski definition) is 4. The van der Waals surface area contributed by atoms with E-state index < -0.39 is 0 Å². The van der Waals surface area contributed by atoms with Gasteiger partial charge in [-0.1, -0.05) is 26.8 Å². The van der Waals surface area contributed by atoms with E-state index in [0.717, 1.165) is 11.1 Å². The molecular weight excluding hydrogens is 347 g/mol. The average Bonchev–Trinajstić information content (AvgIpc) is 2.57. The predicted molar refractivity (Wildman–Crippen MR) is 102 cm³/mol. The summed E-state index contributed by atoms with van der Waals surface area (Å²) in [5, 5.41) is 6.42. The van der Waals surface area contributed by atoms with Gasteiger partial charge in [0, 0.05) is 25.2 Å². The summed E-state index contributed by atoms with van der Waals surface area (Å²) in [6, 6.07) is 4.62. The van der Waals surface area contributed by atoms with Crippen molar-refractivity contribution in [2.45, 2.75) is 39.7 Å². The average molecular weight is 372 g/mol. The number of piperazine rings is 1. The molecule has 1 aromatic carbocycles. The van der Waals surface area contributed by atoms with Gasteiger partial charge in [-0.15, -0.1) is 0 Å². The summed E-state index contributed by atoms with van der Waals surface area (Å²) < 4.78 is 13.3. The Kier molecular flexibility index (Phi) is 5.04. The maximum Gasteiger partial charge on any atom is 0.269 e. The van der Waals surface area contributed by atoms with Crippen LogP contribution in [0.25, 0.3) is 0 Å². The van der Waals surface area contributed by atoms with E-state index in [2.05, 4.69) is 10.2 Å². The lowest BCUT2D eigenvalue weighted by Gasteiger charge is -2.37. The van der Waals surface area contributed by atoms with Crippen molar-refractivity contribution < 1.29 is 9.18 Å². The zero-order valence-electron chi connectivity index (χ0n) is 16.2. The Hall–Kier alpha value is -2.70. The first kappa shape index (κ1) is 19.1. The van der Waals surface area contributed by atoms with Crippen LogP contribution >= 0.6 is 0 Å². The third kappa shape index (κ3) is 4.02. The topological polar surface area (TPSA) is 69.3 Å². The summed E-state index contributed by atoms with van der Waals surface area (Å²) in [5.74, 6) is -0.297. The molecule has 1 amide bonds. The second-order valence-electron chi connectivity index (χ2n) is 8.02. The monoisotopic (exact) mass is 372 g/mol. The number of amides is 1. The van der Waals surface area contributed by atoms with Gasteiger partial charge in [-0.05, 0) is 35.6 Å². The number of aryl methyl sites for hydroxylation is 1. The molecule has 144 valence electrons. The van der Waals surface area contributed by atoms with Crippen LogP contribution in [0.15, 0.2) is 29.2 Å². The Balaban J connectivity index is 1.79. The van der Waals surface area contributed by atoms with Gasteiger partial charge in [-0.25, -0.2) is 9.49 Å². The van der Waals surface area contributed by atoms with Crippen molar-refractivity contribution in [3.8, 4) is 0 Å². The number of benzene rings is 1. The maximum absolute atomic E-state index is 13.3. The lowest BCUT2D eigenvalue weighted by Crippen LogP contribution is -2.51. The fourth-order valence-electron chi connectivity index (χ4n) is 3.48. The van der Waals surface area contributed by atoms with Gasteiger partial charge in [0.15, 0.2) is 0 Å². The van der Waals surface area contributed by atoms with Crippen LogP contribution in [-0.4, -0.2) is 40.6 Å². The molecule has 3 rings (SSSR count). The van der Waals surface area contributed by atoms with Crippen molar-refractivity contribution in [2.24, 2.45) is 0 Å². The maximum atomic E-state index is 13.3. The number of carbonyl (C=O) groups excluding carboxylic acids is 1. The van der Waals surface area contributed by atoms with Gasteiger partial charge in [0.05, 0.1) is 18.4 Å². The lowest BCUT2D eigenvalue weighted by molar-refractivity contribution is -0.131. The minimum Gasteiger partial charge on any atom is -0.359 e. The smallest absolute Gasteiger partial charge is 0.269 e. The molecule has 1 aliphatic heterocycles. The largest absolute Gasteiger partial charge is 0.359 e. The zero-order chi connectivity index (χ0) is 19.8. The Morgan fingerprint density at radius 2 is 1.96 bits per heavy atom. The fourth-order valence-corrected chi connectivity index (χ4v) is 3.48. The van der Waals surface area contributed by atoms with Crippen LogP contribution in [0.1, 0.15) is 37.5 Å². The van der Waals surface area contributed by atoms with Crippen LogP contribution in [0, 0.1) is 12.7 Å². The molecule has 1 N–H and O–H groups in total. The fraction of sp³-hybridized carbons (Fsp3) is 0.450. The molecule has 1 aromatic heterocycles. The summed E-state index contributed by atoms with van der Waals surface area (Å²) in [7, 11) is 0. The number of aromatic nitrogens is 2. The van der Waals surface area contributed by atoms with Crippen molar-refractivity contribution in [2.75, 3.05) is 24.5 Å². The van der Waals surface area contributed by atoms with Crippen molar-refractivity contribution in [3.05, 3.63) is 57.3 Å². The molecule has 0 spiro atoms. The van der Waals surface area contributed by atoms with Gasteiger partial charge in [0.1, 0.15) is 5.82 Å². The first-order valence-corrected chi connectivity index (χ1v) is 9.02. The molecule has 6 nitrogen and oxygen atoms in total. The van der Waals surface area contributed by atoms with Crippen LogP contribution in [0.4, 0.5) is 10.1 Å². The Morgan fingerprint density at radius 1 is 1.22 bits per heavy atom. The standard InChI is InChI=1S/C20H25FN4O2/c1-13-9-15(21)6-5-14(13)11-25-8-7-24(12-17(25)26)16-10-22-23-19(27)18(16)20(2,3)4/h5-6,9-10H,7-8,11-12H2,1-4H3,(H,23,27). The first-order valence-electron chi connectivity index (χ1n) is 9.02. The Bertz CT molecular complexity index is 917. The Morgan fingerprint density at radius 3 is 2.59 bits per heavy atom. The van der Waals surface area contributed by atoms with Crippen LogP contribution in [-0.2, 0) is 16.8 Å². The van der Waals surface area contributed by atoms with Crippen molar-refractivity contribution >= 4 is 11.6 Å². The molecular formula is C20H25FN4O2. The first-order chi connectivity index (χ1) is 12.7. The number of hydrogen-bond donors (Lipinski definition) is 1. The second kappa shape index (κ2) is 7.13. The summed E-state index contributed by atoms with van der Waals surface area (Å²) in [4.78, 5) is 28.7. The number of nitrogens with one attached hydrogen (secondary N) is 1. The minimum absolute atomic E-state index is 0.0230. The highest BCUT2D eigenvalue weighted by molar-refractivity contribution is 5.83. The van der Waals surface area contributed by atoms with Gasteiger partial charge in [0.2, 0.25) is 5.91 Å². The normalized spacial score (nSPS) is 15.4. The third-order valence-corrected chi connectivity index (χ3v) is 4.91. The van der Waals surface area contributed by atoms with E-state index in [1.807, 2.05) is 32.6 Å². The van der Waals surface area contributed by atoms with Gasteiger partial charge in [-0.3, -0.25) is 9.59 Å². The number of carbonyl (C=O) groups is 1. The zero-order valence-corrected chi connectivity index (χ0v) is 16.2. The molecule has 1 aliphatic rings. The lowest BCUT2D eigenvalue weighted by atomic mass is 9.86. The number of H-pyrrole nitrogens is 1. The van der Waals surface area contributed by atoms with Crippen LogP contribution in [0.2, 0.25) is 0 Å². The van der Waals surface area contributed by atoms with E-state index in [1.54, 1.807) is 17.2 Å². The minimum atomic E-state index is -0.364. The molecule has 2 heterocycles. The van der Waals surface area contributed by atoms with Gasteiger partial charge in [0.25, 0.3) is 5.56 Å². The predicted octanol–water partition coefficient (Wildman–Crippen LogP) is 2.36. The number of anilines is 1. The SMILES string of the molecule is Cc1cc(F)ccc1CN1CCN(c2cn[nH]c(=O)c2C(C)(C)C)CC1=O. The van der Waals surface area contributed by atoms with E-state index in [0.29, 0.717) is 30.9 Å². The molecule has 0 atom stereocenters. The number of aromatic amines is 1. The Labute approximate surface area is 158 Å². The number of rotatable bonds is 3. The summed E-state index contributed by atoms with van der Waals surface area (Å²) in [5.41, 5.74) is 2.52. The van der Waals surface area contributed by atoms with Crippen LogP contribution < -0.4 is 10.5 Å². The van der Waals surface area contributed by atoms with Crippen molar-refractivity contribution in [1.82, 2.24) is 15.1 Å². The third-order valence-electron chi connectivity index (χ3n) is 4.91. The van der Waals surface area contributed by atoms with E-state index in [1.165, 1.54) is 12.1 Å². The van der Waals surface area contributed by atoms with Gasteiger partial charge >= 0.3 is 0 Å². The summed E-state index contributed by atoms with van der Waals surface area (Å²) >= 11 is 0. The highest BCUT2D eigenvalue weighted by Gasteiger charge is 2.30. The molecule has 0 radical (unpaired) electrons. The van der Waals surface area contributed by atoms with Crippen molar-refractivity contribution in [1.29, 1.82) is 0 Å². The molecule has 1 fully saturated rings. The van der Waals surface area contributed by atoms with Gasteiger partial charge < -0.3 is 9.80 Å². The molecule has 0 unspecified atom stereocenters. The number of halogens is 1. The van der Waals surface area contributed by atoms with Crippen LogP contribution in [0.3, 0.4) is 0 Å². The van der Waals surface area contributed by atoms with Crippen molar-refractivity contribution in [3.63, 3.8) is 0 Å². The molecule has 2 aromatic rings. The molecule has 0 bridgehead atoms. The van der Waals surface area contributed by atoms with E-state index in [-0.39, 0.29) is 29.2 Å². The summed E-state index contributed by atoms with van der Waals surface area (Å²) in [6.07, 6.45) is 1.62.